The number of aromatic nitrogens is 2. The summed E-state index contributed by atoms with van der Waals surface area (Å²) in [6, 6.07) is 10.0. The van der Waals surface area contributed by atoms with Crippen LogP contribution < -0.4 is 5.32 Å². The van der Waals surface area contributed by atoms with Crippen LogP contribution in [0.2, 0.25) is 0 Å². The topological polar surface area (TPSA) is 46.9 Å². The highest BCUT2D eigenvalue weighted by Crippen LogP contribution is 2.21. The molecule has 1 N–H and O–H groups in total. The van der Waals surface area contributed by atoms with E-state index in [-0.39, 0.29) is 11.8 Å². The van der Waals surface area contributed by atoms with Gasteiger partial charge in [0, 0.05) is 25.0 Å². The lowest BCUT2D eigenvalue weighted by Crippen LogP contribution is -2.35. The van der Waals surface area contributed by atoms with Gasteiger partial charge in [-0.3, -0.25) is 4.79 Å². The van der Waals surface area contributed by atoms with Gasteiger partial charge < -0.3 is 9.88 Å². The Kier molecular flexibility index (Phi) is 3.54. The molecule has 0 aliphatic carbocycles. The summed E-state index contributed by atoms with van der Waals surface area (Å²) in [6.07, 6.45) is 3.77. The van der Waals surface area contributed by atoms with E-state index in [2.05, 4.69) is 14.9 Å². The molecular formula is C16H19N3O. The summed E-state index contributed by atoms with van der Waals surface area (Å²) in [5.74, 6) is 1.20. The van der Waals surface area contributed by atoms with Crippen molar-refractivity contribution in [2.24, 2.45) is 5.92 Å². The first kappa shape index (κ1) is 12.9. The van der Waals surface area contributed by atoms with Gasteiger partial charge in [0.05, 0.1) is 5.92 Å². The van der Waals surface area contributed by atoms with Gasteiger partial charge in [0.2, 0.25) is 5.91 Å². The van der Waals surface area contributed by atoms with Gasteiger partial charge in [-0.1, -0.05) is 30.3 Å². The molecule has 2 heterocycles. The zero-order chi connectivity index (χ0) is 13.9. The predicted molar refractivity (Wildman–Crippen MR) is 77.1 cm³/mol. The molecule has 1 atom stereocenters. The SMILES string of the molecule is Cc1ncc2n1C[C@@H](C(=O)NCc1ccccc1)CC2. The van der Waals surface area contributed by atoms with Crippen molar-refractivity contribution in [3.63, 3.8) is 0 Å². The van der Waals surface area contributed by atoms with E-state index in [0.717, 1.165) is 30.8 Å². The summed E-state index contributed by atoms with van der Waals surface area (Å²) in [5, 5.41) is 3.04. The molecule has 0 bridgehead atoms. The molecule has 0 saturated carbocycles. The van der Waals surface area contributed by atoms with E-state index in [1.165, 1.54) is 5.69 Å². The molecule has 1 aliphatic rings. The number of amides is 1. The normalized spacial score (nSPS) is 17.6. The molecule has 20 heavy (non-hydrogen) atoms. The second kappa shape index (κ2) is 5.49. The molecule has 1 amide bonds. The van der Waals surface area contributed by atoms with Gasteiger partial charge in [0.25, 0.3) is 0 Å². The van der Waals surface area contributed by atoms with Crippen molar-refractivity contribution in [3.8, 4) is 0 Å². The van der Waals surface area contributed by atoms with Crippen LogP contribution in [0.25, 0.3) is 0 Å². The molecule has 3 rings (SSSR count). The minimum Gasteiger partial charge on any atom is -0.352 e. The average Bonchev–Trinajstić information content (AvgIpc) is 2.87. The third-order valence-corrected chi connectivity index (χ3v) is 3.97. The molecule has 1 aromatic heterocycles. The number of fused-ring (bicyclic) bond motifs is 1. The van der Waals surface area contributed by atoms with Gasteiger partial charge in [-0.15, -0.1) is 0 Å². The Labute approximate surface area is 118 Å². The van der Waals surface area contributed by atoms with Crippen molar-refractivity contribution in [2.75, 3.05) is 0 Å². The Bertz CT molecular complexity index is 603. The first-order chi connectivity index (χ1) is 9.74. The summed E-state index contributed by atoms with van der Waals surface area (Å²) < 4.78 is 2.16. The first-order valence-corrected chi connectivity index (χ1v) is 7.06. The van der Waals surface area contributed by atoms with Crippen LogP contribution in [0, 0.1) is 12.8 Å². The van der Waals surface area contributed by atoms with Gasteiger partial charge in [-0.2, -0.15) is 0 Å². The van der Waals surface area contributed by atoms with Crippen LogP contribution in [-0.2, 0) is 24.3 Å². The molecule has 0 saturated heterocycles. The van der Waals surface area contributed by atoms with E-state index in [0.29, 0.717) is 6.54 Å². The highest BCUT2D eigenvalue weighted by Gasteiger charge is 2.25. The Morgan fingerprint density at radius 1 is 1.40 bits per heavy atom. The zero-order valence-electron chi connectivity index (χ0n) is 11.7. The standard InChI is InChI=1S/C16H19N3O/c1-12-17-10-15-8-7-14(11-19(12)15)16(20)18-9-13-5-3-2-4-6-13/h2-6,10,14H,7-9,11H2,1H3,(H,18,20)/t14-/m0/s1. The van der Waals surface area contributed by atoms with Crippen LogP contribution >= 0.6 is 0 Å². The van der Waals surface area contributed by atoms with Gasteiger partial charge in [0.15, 0.2) is 0 Å². The first-order valence-electron chi connectivity index (χ1n) is 7.06. The molecule has 0 spiro atoms. The molecule has 0 radical (unpaired) electrons. The van der Waals surface area contributed by atoms with E-state index in [4.69, 9.17) is 0 Å². The highest BCUT2D eigenvalue weighted by atomic mass is 16.1. The predicted octanol–water partition coefficient (Wildman–Crippen LogP) is 2.07. The number of benzene rings is 1. The summed E-state index contributed by atoms with van der Waals surface area (Å²) in [4.78, 5) is 16.6. The van der Waals surface area contributed by atoms with Crippen LogP contribution in [0.15, 0.2) is 36.5 Å². The van der Waals surface area contributed by atoms with Crippen molar-refractivity contribution in [1.29, 1.82) is 0 Å². The summed E-state index contributed by atoms with van der Waals surface area (Å²) >= 11 is 0. The van der Waals surface area contributed by atoms with Crippen LogP contribution in [0.1, 0.15) is 23.5 Å². The van der Waals surface area contributed by atoms with Crippen molar-refractivity contribution in [2.45, 2.75) is 32.9 Å². The Hall–Kier alpha value is -2.10. The fourth-order valence-electron chi connectivity index (χ4n) is 2.74. The second-order valence-electron chi connectivity index (χ2n) is 5.35. The van der Waals surface area contributed by atoms with Crippen molar-refractivity contribution in [3.05, 3.63) is 53.6 Å². The highest BCUT2D eigenvalue weighted by molar-refractivity contribution is 5.78. The maximum absolute atomic E-state index is 12.3. The number of carbonyl (C=O) groups is 1. The van der Waals surface area contributed by atoms with Crippen LogP contribution in [0.3, 0.4) is 0 Å². The van der Waals surface area contributed by atoms with Gasteiger partial charge >= 0.3 is 0 Å². The lowest BCUT2D eigenvalue weighted by molar-refractivity contribution is -0.126. The summed E-state index contributed by atoms with van der Waals surface area (Å²) in [7, 11) is 0. The number of hydrogen-bond acceptors (Lipinski definition) is 2. The third kappa shape index (κ3) is 2.59. The molecule has 2 aromatic rings. The zero-order valence-corrected chi connectivity index (χ0v) is 11.7. The lowest BCUT2D eigenvalue weighted by Gasteiger charge is -2.24. The van der Waals surface area contributed by atoms with E-state index in [1.54, 1.807) is 0 Å². The van der Waals surface area contributed by atoms with E-state index in [1.807, 2.05) is 43.5 Å². The smallest absolute Gasteiger partial charge is 0.225 e. The molecule has 104 valence electrons. The monoisotopic (exact) mass is 269 g/mol. The quantitative estimate of drug-likeness (QED) is 0.927. The molecular weight excluding hydrogens is 250 g/mol. The fraction of sp³-hybridized carbons (Fsp3) is 0.375. The van der Waals surface area contributed by atoms with Gasteiger partial charge in [-0.05, 0) is 25.3 Å². The van der Waals surface area contributed by atoms with Crippen molar-refractivity contribution < 1.29 is 4.79 Å². The molecule has 0 fully saturated rings. The fourth-order valence-corrected chi connectivity index (χ4v) is 2.74. The third-order valence-electron chi connectivity index (χ3n) is 3.97. The number of hydrogen-bond donors (Lipinski definition) is 1. The van der Waals surface area contributed by atoms with Crippen LogP contribution in [0.4, 0.5) is 0 Å². The maximum atomic E-state index is 12.3. The van der Waals surface area contributed by atoms with Crippen molar-refractivity contribution >= 4 is 5.91 Å². The second-order valence-corrected chi connectivity index (χ2v) is 5.35. The van der Waals surface area contributed by atoms with Gasteiger partial charge in [-0.25, -0.2) is 4.98 Å². The molecule has 0 unspecified atom stereocenters. The number of nitrogens with zero attached hydrogens (tertiary/aromatic N) is 2. The number of aryl methyl sites for hydroxylation is 2. The molecule has 1 aromatic carbocycles. The number of imidazole rings is 1. The van der Waals surface area contributed by atoms with E-state index >= 15 is 0 Å². The Morgan fingerprint density at radius 2 is 2.20 bits per heavy atom. The molecule has 1 aliphatic heterocycles. The lowest BCUT2D eigenvalue weighted by atomic mass is 9.97. The molecule has 4 heteroatoms. The number of carbonyl (C=O) groups excluding carboxylic acids is 1. The van der Waals surface area contributed by atoms with Crippen LogP contribution in [-0.4, -0.2) is 15.5 Å². The Balaban J connectivity index is 1.60. The van der Waals surface area contributed by atoms with Gasteiger partial charge in [0.1, 0.15) is 5.82 Å². The minimum absolute atomic E-state index is 0.0547. The summed E-state index contributed by atoms with van der Waals surface area (Å²) in [5.41, 5.74) is 2.38. The number of nitrogens with one attached hydrogen (secondary N) is 1. The summed E-state index contributed by atoms with van der Waals surface area (Å²) in [6.45, 7) is 3.35. The average molecular weight is 269 g/mol. The maximum Gasteiger partial charge on any atom is 0.225 e. The van der Waals surface area contributed by atoms with Crippen LogP contribution in [0.5, 0.6) is 0 Å². The molecule has 4 nitrogen and oxygen atoms in total. The van der Waals surface area contributed by atoms with E-state index in [9.17, 15) is 4.79 Å². The van der Waals surface area contributed by atoms with Crippen molar-refractivity contribution in [1.82, 2.24) is 14.9 Å². The Morgan fingerprint density at radius 3 is 3.00 bits per heavy atom. The largest absolute Gasteiger partial charge is 0.352 e. The minimum atomic E-state index is 0.0547. The van der Waals surface area contributed by atoms with E-state index < -0.39 is 0 Å². The number of rotatable bonds is 3.